The highest BCUT2D eigenvalue weighted by Crippen LogP contribution is 2.13. The van der Waals surface area contributed by atoms with Crippen LogP contribution in [0.4, 0.5) is 0 Å². The Labute approximate surface area is 441 Å². The summed E-state index contributed by atoms with van der Waals surface area (Å²) in [7, 11) is 0. The van der Waals surface area contributed by atoms with Gasteiger partial charge in [0.15, 0.2) is 6.10 Å². The van der Waals surface area contributed by atoms with Crippen LogP contribution in [0, 0.1) is 0 Å². The summed E-state index contributed by atoms with van der Waals surface area (Å²) in [6, 6.07) is 0. The molecule has 0 aliphatic carbocycles. The largest absolute Gasteiger partial charge is 0.462 e. The molecule has 0 heterocycles. The van der Waals surface area contributed by atoms with Crippen molar-refractivity contribution >= 4 is 17.9 Å². The van der Waals surface area contributed by atoms with E-state index in [9.17, 15) is 14.4 Å². The van der Waals surface area contributed by atoms with E-state index in [0.29, 0.717) is 12.8 Å². The molecular formula is C66H100O6. The lowest BCUT2D eigenvalue weighted by atomic mass is 10.1. The lowest BCUT2D eigenvalue weighted by molar-refractivity contribution is -0.167. The van der Waals surface area contributed by atoms with Crippen LogP contribution in [0.25, 0.3) is 0 Å². The molecule has 72 heavy (non-hydrogen) atoms. The van der Waals surface area contributed by atoms with Crippen LogP contribution in [0.2, 0.25) is 0 Å². The van der Waals surface area contributed by atoms with Crippen molar-refractivity contribution in [1.29, 1.82) is 0 Å². The van der Waals surface area contributed by atoms with E-state index in [1.54, 1.807) is 0 Å². The normalized spacial score (nSPS) is 13.4. The van der Waals surface area contributed by atoms with Crippen molar-refractivity contribution in [3.63, 3.8) is 0 Å². The molecule has 0 aliphatic heterocycles. The van der Waals surface area contributed by atoms with Gasteiger partial charge < -0.3 is 14.2 Å². The topological polar surface area (TPSA) is 78.9 Å². The van der Waals surface area contributed by atoms with Crippen LogP contribution >= 0.6 is 0 Å². The molecule has 1 unspecified atom stereocenters. The second-order valence-corrected chi connectivity index (χ2v) is 18.1. The average Bonchev–Trinajstić information content (AvgIpc) is 3.38. The summed E-state index contributed by atoms with van der Waals surface area (Å²) in [5.74, 6) is -1.00. The number of ether oxygens (including phenoxy) is 3. The van der Waals surface area contributed by atoms with Crippen molar-refractivity contribution in [2.75, 3.05) is 13.2 Å². The quantitative estimate of drug-likeness (QED) is 0.0262. The third-order valence-electron chi connectivity index (χ3n) is 11.2. The van der Waals surface area contributed by atoms with Gasteiger partial charge in [0, 0.05) is 19.3 Å². The number of rotatable bonds is 48. The number of esters is 3. The minimum absolute atomic E-state index is 0.119. The molecule has 400 valence electrons. The molecule has 0 radical (unpaired) electrons. The van der Waals surface area contributed by atoms with Crippen molar-refractivity contribution in [1.82, 2.24) is 0 Å². The first-order chi connectivity index (χ1) is 35.5. The summed E-state index contributed by atoms with van der Waals surface area (Å²) < 4.78 is 16.8. The van der Waals surface area contributed by atoms with E-state index in [-0.39, 0.29) is 37.5 Å². The van der Waals surface area contributed by atoms with Crippen LogP contribution in [-0.4, -0.2) is 37.2 Å². The van der Waals surface area contributed by atoms with Crippen molar-refractivity contribution in [3.8, 4) is 0 Å². The number of hydrogen-bond acceptors (Lipinski definition) is 6. The summed E-state index contributed by atoms with van der Waals surface area (Å²) in [5.41, 5.74) is 0. The van der Waals surface area contributed by atoms with E-state index in [0.717, 1.165) is 135 Å². The monoisotopic (exact) mass is 989 g/mol. The van der Waals surface area contributed by atoms with Crippen LogP contribution in [-0.2, 0) is 28.6 Å². The maximum absolute atomic E-state index is 12.9. The fourth-order valence-electron chi connectivity index (χ4n) is 6.98. The van der Waals surface area contributed by atoms with E-state index < -0.39 is 6.10 Å². The highest BCUT2D eigenvalue weighted by Gasteiger charge is 2.19. The molecule has 0 amide bonds. The molecule has 0 saturated carbocycles. The zero-order valence-corrected chi connectivity index (χ0v) is 45.6. The second kappa shape index (κ2) is 58.3. The predicted octanol–water partition coefficient (Wildman–Crippen LogP) is 19.1. The molecule has 0 saturated heterocycles. The predicted molar refractivity (Wildman–Crippen MR) is 311 cm³/mol. The van der Waals surface area contributed by atoms with E-state index in [4.69, 9.17) is 14.2 Å². The maximum atomic E-state index is 12.9. The second-order valence-electron chi connectivity index (χ2n) is 18.1. The maximum Gasteiger partial charge on any atom is 0.306 e. The van der Waals surface area contributed by atoms with Gasteiger partial charge in [-0.1, -0.05) is 274 Å². The molecular weight excluding hydrogens is 889 g/mol. The lowest BCUT2D eigenvalue weighted by Crippen LogP contribution is -2.30. The van der Waals surface area contributed by atoms with E-state index >= 15 is 0 Å². The number of carbonyl (C=O) groups is 3. The fraction of sp³-hybridized carbons (Fsp3) is 0.530. The van der Waals surface area contributed by atoms with Crippen molar-refractivity contribution in [2.45, 2.75) is 213 Å². The molecule has 1 atom stereocenters. The molecule has 6 heteroatoms. The number of unbranched alkanes of at least 4 members (excludes halogenated alkanes) is 20. The Morgan fingerprint density at radius 2 is 0.528 bits per heavy atom. The zero-order valence-electron chi connectivity index (χ0n) is 45.6. The van der Waals surface area contributed by atoms with Gasteiger partial charge in [-0.05, 0) is 83.5 Å². The zero-order chi connectivity index (χ0) is 52.2. The van der Waals surface area contributed by atoms with Gasteiger partial charge in [0.05, 0.1) is 0 Å². The molecule has 0 N–H and O–H groups in total. The van der Waals surface area contributed by atoms with Gasteiger partial charge in [0.25, 0.3) is 0 Å². The lowest BCUT2D eigenvalue weighted by Gasteiger charge is -2.18. The third-order valence-corrected chi connectivity index (χ3v) is 11.2. The molecule has 0 spiro atoms. The highest BCUT2D eigenvalue weighted by atomic mass is 16.6. The molecule has 0 aromatic heterocycles. The van der Waals surface area contributed by atoms with Crippen molar-refractivity contribution in [2.24, 2.45) is 0 Å². The molecule has 0 bridgehead atoms. The molecule has 0 aliphatic rings. The van der Waals surface area contributed by atoms with Crippen LogP contribution < -0.4 is 0 Å². The standard InChI is InChI=1S/C66H100O6/c1-4-7-10-13-16-19-22-25-28-31-34-37-40-43-46-49-52-55-58-64(67)70-61-63(72-66(69)60-57-54-51-48-45-42-39-36-33-30-27-24-21-18-15-12-9-6-3)62-71-65(68)59-56-53-50-47-44-41-38-35-32-29-26-23-20-17-14-11-8-5-2/h10,12-13,15-39,63H,4-9,11,14,40-62H2,1-3H3/b13-10-,15-12-,19-16-,20-17-,21-18-,25-22-,26-23-,27-24-,31-28-,32-29-,33-30-,37-34-,38-35-,39-36-. The summed E-state index contributed by atoms with van der Waals surface area (Å²) in [5, 5.41) is 0. The number of hydrogen-bond donors (Lipinski definition) is 0. The smallest absolute Gasteiger partial charge is 0.306 e. The number of allylic oxidation sites excluding steroid dienone is 28. The van der Waals surface area contributed by atoms with Crippen molar-refractivity contribution in [3.05, 3.63) is 170 Å². The van der Waals surface area contributed by atoms with Gasteiger partial charge in [0.2, 0.25) is 0 Å². The molecule has 0 rings (SSSR count). The fourth-order valence-corrected chi connectivity index (χ4v) is 6.98. The minimum atomic E-state index is -0.824. The molecule has 0 aromatic carbocycles. The Hall–Kier alpha value is -5.23. The average molecular weight is 990 g/mol. The third kappa shape index (κ3) is 55.7. The van der Waals surface area contributed by atoms with Gasteiger partial charge in [-0.15, -0.1) is 0 Å². The van der Waals surface area contributed by atoms with E-state index in [1.807, 2.05) is 72.9 Å². The van der Waals surface area contributed by atoms with Gasteiger partial charge >= 0.3 is 17.9 Å². The Kier molecular flexibility index (Phi) is 54.1. The first-order valence-electron chi connectivity index (χ1n) is 28.3. The SMILES string of the molecule is CCC\C=C/C=C\C=C/C=C\C=C/CCCCCCCC(=O)OCC(COC(=O)CCCCCCC\C=C/C=C\C=C/C=C\CCCCC)OC(=O)CCCCCCC\C=C/C=C\C=C/C=C\C=C/CCC. The van der Waals surface area contributed by atoms with E-state index in [1.165, 1.54) is 32.1 Å². The summed E-state index contributed by atoms with van der Waals surface area (Å²) in [6.45, 7) is 6.34. The molecule has 0 aromatic rings. The van der Waals surface area contributed by atoms with Crippen LogP contribution in [0.1, 0.15) is 207 Å². The van der Waals surface area contributed by atoms with Gasteiger partial charge in [0.1, 0.15) is 13.2 Å². The van der Waals surface area contributed by atoms with Crippen molar-refractivity contribution < 1.29 is 28.6 Å². The molecule has 0 fully saturated rings. The first-order valence-corrected chi connectivity index (χ1v) is 28.3. The van der Waals surface area contributed by atoms with E-state index in [2.05, 4.69) is 118 Å². The first kappa shape index (κ1) is 66.8. The number of carbonyl (C=O) groups excluding carboxylic acids is 3. The Balaban J connectivity index is 4.61. The van der Waals surface area contributed by atoms with Crippen LogP contribution in [0.3, 0.4) is 0 Å². The van der Waals surface area contributed by atoms with Gasteiger partial charge in [-0.2, -0.15) is 0 Å². The Morgan fingerprint density at radius 3 is 0.833 bits per heavy atom. The minimum Gasteiger partial charge on any atom is -0.462 e. The van der Waals surface area contributed by atoms with Gasteiger partial charge in [-0.25, -0.2) is 0 Å². The highest BCUT2D eigenvalue weighted by molar-refractivity contribution is 5.71. The van der Waals surface area contributed by atoms with Crippen LogP contribution in [0.5, 0.6) is 0 Å². The Bertz CT molecular complexity index is 1700. The molecule has 6 nitrogen and oxygen atoms in total. The summed E-state index contributed by atoms with van der Waals surface area (Å²) in [4.78, 5) is 38.2. The van der Waals surface area contributed by atoms with Crippen LogP contribution in [0.15, 0.2) is 170 Å². The Morgan fingerprint density at radius 1 is 0.278 bits per heavy atom. The summed E-state index contributed by atoms with van der Waals surface area (Å²) in [6.07, 6.45) is 86.0. The van der Waals surface area contributed by atoms with Gasteiger partial charge in [-0.3, -0.25) is 14.4 Å². The summed E-state index contributed by atoms with van der Waals surface area (Å²) >= 11 is 0.